The molecule has 0 saturated carbocycles. The van der Waals surface area contributed by atoms with Crippen LogP contribution in [0.3, 0.4) is 0 Å². The summed E-state index contributed by atoms with van der Waals surface area (Å²) < 4.78 is 8.94. The third kappa shape index (κ3) is 2.40. The molecule has 1 aliphatic heterocycles. The maximum absolute atomic E-state index is 10.4. The van der Waals surface area contributed by atoms with Crippen LogP contribution < -0.4 is 0 Å². The Labute approximate surface area is 59.3 Å². The van der Waals surface area contributed by atoms with Crippen LogP contribution in [0.2, 0.25) is 0 Å². The highest BCUT2D eigenvalue weighted by molar-refractivity contribution is 5.61. The van der Waals surface area contributed by atoms with Gasteiger partial charge in [-0.2, -0.15) is 0 Å². The van der Waals surface area contributed by atoms with Crippen molar-refractivity contribution in [1.82, 2.24) is 0 Å². The summed E-state index contributed by atoms with van der Waals surface area (Å²) in [5.74, 6) is 2.68. The zero-order chi connectivity index (χ0) is 7.23. The second kappa shape index (κ2) is 3.78. The lowest BCUT2D eigenvalue weighted by molar-refractivity contribution is 0.0897. The molecule has 0 fully saturated rings. The lowest BCUT2D eigenvalue weighted by Gasteiger charge is -1.97. The van der Waals surface area contributed by atoms with Crippen molar-refractivity contribution in [3.8, 4) is 12.0 Å². The predicted molar refractivity (Wildman–Crippen MR) is 34.1 cm³/mol. The number of cyclic esters (lactones) is 2. The monoisotopic (exact) mass is 140 g/mol. The molecule has 0 aliphatic carbocycles. The van der Waals surface area contributed by atoms with Crippen LogP contribution in [0.5, 0.6) is 0 Å². The first kappa shape index (κ1) is 6.94. The average molecular weight is 140 g/mol. The maximum Gasteiger partial charge on any atom is 0.522 e. The van der Waals surface area contributed by atoms with Gasteiger partial charge in [0.25, 0.3) is 0 Å². The Bertz CT molecular complexity index is 175. The van der Waals surface area contributed by atoms with Gasteiger partial charge in [0, 0.05) is 6.42 Å². The number of ether oxygens (including phenoxy) is 2. The molecule has 0 amide bonds. The molecule has 3 nitrogen and oxygen atoms in total. The molecule has 0 radical (unpaired) electrons. The molecule has 0 spiro atoms. The van der Waals surface area contributed by atoms with Crippen LogP contribution in [0.4, 0.5) is 4.79 Å². The fourth-order valence-corrected chi connectivity index (χ4v) is 0.629. The Morgan fingerprint density at radius 1 is 1.40 bits per heavy atom. The van der Waals surface area contributed by atoms with E-state index in [-0.39, 0.29) is 0 Å². The highest BCUT2D eigenvalue weighted by Crippen LogP contribution is 1.97. The lowest BCUT2D eigenvalue weighted by Crippen LogP contribution is -2.04. The van der Waals surface area contributed by atoms with Crippen molar-refractivity contribution in [3.63, 3.8) is 0 Å². The van der Waals surface area contributed by atoms with Crippen LogP contribution in [-0.2, 0) is 9.47 Å². The van der Waals surface area contributed by atoms with E-state index in [4.69, 9.17) is 0 Å². The average Bonchev–Trinajstić information content (AvgIpc) is 2.02. The van der Waals surface area contributed by atoms with Gasteiger partial charge in [-0.1, -0.05) is 5.92 Å². The zero-order valence-corrected chi connectivity index (χ0v) is 5.55. The normalized spacial score (nSPS) is 18.2. The van der Waals surface area contributed by atoms with Gasteiger partial charge in [-0.3, -0.25) is 0 Å². The highest BCUT2D eigenvalue weighted by atomic mass is 16.7. The molecular weight excluding hydrogens is 132 g/mol. The number of hydrogen-bond donors (Lipinski definition) is 0. The number of rotatable bonds is 0. The molecule has 0 unspecified atom stereocenters. The minimum atomic E-state index is -0.686. The van der Waals surface area contributed by atoms with Crippen molar-refractivity contribution in [1.29, 1.82) is 0 Å². The number of carbonyl (C=O) groups excluding carboxylic acids is 1. The molecule has 0 saturated heterocycles. The number of hydrogen-bond acceptors (Lipinski definition) is 3. The second-order valence-electron chi connectivity index (χ2n) is 1.94. The van der Waals surface area contributed by atoms with Gasteiger partial charge in [0.2, 0.25) is 0 Å². The Kier molecular flexibility index (Phi) is 2.62. The first-order valence-corrected chi connectivity index (χ1v) is 3.21. The van der Waals surface area contributed by atoms with Crippen molar-refractivity contribution in [2.24, 2.45) is 0 Å². The fourth-order valence-electron chi connectivity index (χ4n) is 0.629. The van der Waals surface area contributed by atoms with E-state index in [1.54, 1.807) is 0 Å². The second-order valence-corrected chi connectivity index (χ2v) is 1.94. The molecule has 0 atom stereocenters. The van der Waals surface area contributed by atoms with E-state index in [1.165, 1.54) is 0 Å². The Morgan fingerprint density at radius 2 is 2.30 bits per heavy atom. The van der Waals surface area contributed by atoms with Crippen LogP contribution in [-0.4, -0.2) is 12.8 Å². The first-order valence-electron chi connectivity index (χ1n) is 3.21. The summed E-state index contributed by atoms with van der Waals surface area (Å²) in [6.45, 7) is 0.433. The van der Waals surface area contributed by atoms with E-state index in [0.29, 0.717) is 6.61 Å². The molecular formula is C7H8O3. The minimum Gasteiger partial charge on any atom is -0.433 e. The van der Waals surface area contributed by atoms with Crippen molar-refractivity contribution in [3.05, 3.63) is 0 Å². The summed E-state index contributed by atoms with van der Waals surface area (Å²) in [7, 11) is 0. The third-order valence-corrected chi connectivity index (χ3v) is 1.12. The summed E-state index contributed by atoms with van der Waals surface area (Å²) in [4.78, 5) is 10.4. The van der Waals surface area contributed by atoms with Gasteiger partial charge < -0.3 is 9.47 Å². The van der Waals surface area contributed by atoms with Crippen molar-refractivity contribution < 1.29 is 14.3 Å². The Morgan fingerprint density at radius 3 is 3.20 bits per heavy atom. The van der Waals surface area contributed by atoms with E-state index >= 15 is 0 Å². The standard InChI is InChI=1S/C7H8O3/c8-7-9-5-3-1-2-4-6-10-7/h1-3,5H2. The van der Waals surface area contributed by atoms with Crippen LogP contribution in [0.15, 0.2) is 0 Å². The summed E-state index contributed by atoms with van der Waals surface area (Å²) in [5, 5.41) is 0. The summed E-state index contributed by atoms with van der Waals surface area (Å²) in [5.41, 5.74) is 0. The van der Waals surface area contributed by atoms with E-state index in [0.717, 1.165) is 19.3 Å². The van der Waals surface area contributed by atoms with Gasteiger partial charge in [-0.25, -0.2) is 4.79 Å². The van der Waals surface area contributed by atoms with Gasteiger partial charge in [0.05, 0.1) is 6.61 Å². The predicted octanol–water partition coefficient (Wildman–Crippen LogP) is 1.28. The first-order chi connectivity index (χ1) is 4.89. The van der Waals surface area contributed by atoms with Gasteiger partial charge in [0.1, 0.15) is 6.11 Å². The molecule has 0 aromatic carbocycles. The van der Waals surface area contributed by atoms with E-state index in [9.17, 15) is 4.79 Å². The van der Waals surface area contributed by atoms with E-state index in [1.807, 2.05) is 0 Å². The largest absolute Gasteiger partial charge is 0.522 e. The quantitative estimate of drug-likeness (QED) is 0.375. The molecule has 1 aliphatic rings. The molecule has 0 aromatic rings. The lowest BCUT2D eigenvalue weighted by atomic mass is 10.2. The van der Waals surface area contributed by atoms with Crippen LogP contribution in [0.25, 0.3) is 0 Å². The molecule has 1 rings (SSSR count). The van der Waals surface area contributed by atoms with Crippen molar-refractivity contribution in [2.45, 2.75) is 19.3 Å². The van der Waals surface area contributed by atoms with E-state index < -0.39 is 6.16 Å². The SMILES string of the molecule is O=C1OC#CCCCCO1. The summed E-state index contributed by atoms with van der Waals surface area (Å²) in [6, 6.07) is 0. The maximum atomic E-state index is 10.4. The smallest absolute Gasteiger partial charge is 0.433 e. The highest BCUT2D eigenvalue weighted by Gasteiger charge is 2.01. The van der Waals surface area contributed by atoms with Crippen molar-refractivity contribution >= 4 is 6.16 Å². The van der Waals surface area contributed by atoms with Crippen molar-refractivity contribution in [2.75, 3.05) is 6.61 Å². The fraction of sp³-hybridized carbons (Fsp3) is 0.571. The molecule has 54 valence electrons. The van der Waals surface area contributed by atoms with Crippen LogP contribution in [0.1, 0.15) is 19.3 Å². The molecule has 10 heavy (non-hydrogen) atoms. The van der Waals surface area contributed by atoms with Gasteiger partial charge >= 0.3 is 6.16 Å². The molecule has 0 bridgehead atoms. The summed E-state index contributed by atoms with van der Waals surface area (Å²) >= 11 is 0. The number of carbonyl (C=O) groups is 1. The Hall–Kier alpha value is -1.17. The van der Waals surface area contributed by atoms with Gasteiger partial charge in [0.15, 0.2) is 0 Å². The zero-order valence-electron chi connectivity index (χ0n) is 5.55. The molecule has 1 heterocycles. The van der Waals surface area contributed by atoms with Crippen LogP contribution >= 0.6 is 0 Å². The van der Waals surface area contributed by atoms with E-state index in [2.05, 4.69) is 21.5 Å². The third-order valence-electron chi connectivity index (χ3n) is 1.12. The summed E-state index contributed by atoms with van der Waals surface area (Å²) in [6.07, 6.45) is 4.17. The molecule has 0 N–H and O–H groups in total. The molecule has 0 aromatic heterocycles. The minimum absolute atomic E-state index is 0.433. The van der Waals surface area contributed by atoms with Crippen LogP contribution in [0, 0.1) is 12.0 Å². The Balaban J connectivity index is 2.38. The molecule has 3 heteroatoms. The van der Waals surface area contributed by atoms with Gasteiger partial charge in [-0.15, -0.1) is 0 Å². The van der Waals surface area contributed by atoms with Gasteiger partial charge in [-0.05, 0) is 12.8 Å². The topological polar surface area (TPSA) is 35.5 Å².